The van der Waals surface area contributed by atoms with Crippen LogP contribution in [0.25, 0.3) is 22.0 Å². The summed E-state index contributed by atoms with van der Waals surface area (Å²) in [6.07, 6.45) is 5.49. The number of pyridine rings is 2. The van der Waals surface area contributed by atoms with Crippen molar-refractivity contribution in [3.8, 4) is 11.3 Å². The molecule has 2 nitrogen and oxygen atoms in total. The lowest BCUT2D eigenvalue weighted by Gasteiger charge is -2.02. The fourth-order valence-corrected chi connectivity index (χ4v) is 1.78. The van der Waals surface area contributed by atoms with Crippen molar-refractivity contribution in [1.29, 1.82) is 0 Å². The van der Waals surface area contributed by atoms with Gasteiger partial charge in [-0.05, 0) is 29.7 Å². The van der Waals surface area contributed by atoms with E-state index in [1.807, 2.05) is 42.9 Å². The lowest BCUT2D eigenvalue weighted by molar-refractivity contribution is 1.33. The Kier molecular flexibility index (Phi) is 2.11. The maximum Gasteiger partial charge on any atom is 0.0702 e. The van der Waals surface area contributed by atoms with E-state index in [0.29, 0.717) is 0 Å². The molecule has 0 saturated carbocycles. The van der Waals surface area contributed by atoms with E-state index in [0.717, 1.165) is 16.6 Å². The first-order valence-electron chi connectivity index (χ1n) is 5.19. The van der Waals surface area contributed by atoms with E-state index in [1.54, 1.807) is 0 Å². The number of hydrogen-bond donors (Lipinski definition) is 0. The predicted octanol–water partition coefficient (Wildman–Crippen LogP) is 3.30. The molecule has 0 radical (unpaired) electrons. The minimum absolute atomic E-state index is 1.00. The molecule has 3 rings (SSSR count). The van der Waals surface area contributed by atoms with Crippen LogP contribution in [0.3, 0.4) is 0 Å². The first-order chi connectivity index (χ1) is 7.93. The van der Waals surface area contributed by atoms with Gasteiger partial charge in [-0.15, -0.1) is 0 Å². The summed E-state index contributed by atoms with van der Waals surface area (Å²) in [4.78, 5) is 8.44. The Hall–Kier alpha value is -2.22. The molecule has 0 bridgehead atoms. The highest BCUT2D eigenvalue weighted by molar-refractivity contribution is 5.85. The fraction of sp³-hybridized carbons (Fsp3) is 0. The number of aromatic nitrogens is 2. The van der Waals surface area contributed by atoms with Crippen LogP contribution < -0.4 is 0 Å². The second kappa shape index (κ2) is 3.74. The molecule has 2 heteroatoms. The van der Waals surface area contributed by atoms with Crippen LogP contribution in [0.15, 0.2) is 61.1 Å². The van der Waals surface area contributed by atoms with Crippen LogP contribution in [-0.4, -0.2) is 9.97 Å². The van der Waals surface area contributed by atoms with Crippen molar-refractivity contribution in [3.63, 3.8) is 0 Å². The average Bonchev–Trinajstić information content (AvgIpc) is 2.39. The van der Waals surface area contributed by atoms with Gasteiger partial charge in [0.15, 0.2) is 0 Å². The Morgan fingerprint density at radius 1 is 0.812 bits per heavy atom. The summed E-state index contributed by atoms with van der Waals surface area (Å²) < 4.78 is 0. The number of benzene rings is 1. The molecule has 76 valence electrons. The Morgan fingerprint density at radius 2 is 1.81 bits per heavy atom. The zero-order chi connectivity index (χ0) is 10.8. The smallest absolute Gasteiger partial charge is 0.0702 e. The van der Waals surface area contributed by atoms with Crippen LogP contribution >= 0.6 is 0 Å². The molecular formula is C14H10N2. The summed E-state index contributed by atoms with van der Waals surface area (Å²) in [7, 11) is 0. The number of nitrogens with zero attached hydrogens (tertiary/aromatic N) is 2. The monoisotopic (exact) mass is 206 g/mol. The van der Waals surface area contributed by atoms with Gasteiger partial charge in [0.25, 0.3) is 0 Å². The largest absolute Gasteiger partial charge is 0.264 e. The van der Waals surface area contributed by atoms with Crippen LogP contribution in [0.5, 0.6) is 0 Å². The number of rotatable bonds is 1. The molecule has 0 aliphatic carbocycles. The Bertz CT molecular complexity index is 618. The van der Waals surface area contributed by atoms with Crippen molar-refractivity contribution in [1.82, 2.24) is 9.97 Å². The van der Waals surface area contributed by atoms with Crippen molar-refractivity contribution in [2.45, 2.75) is 0 Å². The number of hydrogen-bond acceptors (Lipinski definition) is 2. The molecular weight excluding hydrogens is 196 g/mol. The third-order valence-electron chi connectivity index (χ3n) is 2.60. The molecule has 0 saturated heterocycles. The second-order valence-electron chi connectivity index (χ2n) is 3.65. The molecule has 0 N–H and O–H groups in total. The molecule has 0 spiro atoms. The van der Waals surface area contributed by atoms with Crippen LogP contribution in [0.1, 0.15) is 0 Å². The standard InChI is InChI=1S/C14H10N2/c1-2-7-16-14(3-1)12-4-5-13-10-15-8-6-11(13)9-12/h1-10H. The molecule has 0 fully saturated rings. The summed E-state index contributed by atoms with van der Waals surface area (Å²) in [5.74, 6) is 0. The third kappa shape index (κ3) is 1.54. The minimum Gasteiger partial charge on any atom is -0.264 e. The average molecular weight is 206 g/mol. The van der Waals surface area contributed by atoms with Gasteiger partial charge < -0.3 is 0 Å². The molecule has 2 aromatic heterocycles. The van der Waals surface area contributed by atoms with Crippen molar-refractivity contribution in [3.05, 3.63) is 61.1 Å². The first kappa shape index (κ1) is 9.04. The summed E-state index contributed by atoms with van der Waals surface area (Å²) in [5, 5.41) is 2.35. The summed E-state index contributed by atoms with van der Waals surface area (Å²) >= 11 is 0. The normalized spacial score (nSPS) is 10.5. The van der Waals surface area contributed by atoms with Gasteiger partial charge in [-0.25, -0.2) is 0 Å². The van der Waals surface area contributed by atoms with E-state index in [9.17, 15) is 0 Å². The zero-order valence-electron chi connectivity index (χ0n) is 8.67. The summed E-state index contributed by atoms with van der Waals surface area (Å²) in [6.45, 7) is 0. The van der Waals surface area contributed by atoms with E-state index in [2.05, 4.69) is 28.2 Å². The van der Waals surface area contributed by atoms with Gasteiger partial charge in [-0.3, -0.25) is 9.97 Å². The highest BCUT2D eigenvalue weighted by Crippen LogP contribution is 2.21. The SMILES string of the molecule is c1ccc(-c2ccc3cnccc3c2)nc1. The Morgan fingerprint density at radius 3 is 2.69 bits per heavy atom. The highest BCUT2D eigenvalue weighted by Gasteiger charge is 1.99. The van der Waals surface area contributed by atoms with Crippen molar-refractivity contribution >= 4 is 10.8 Å². The second-order valence-corrected chi connectivity index (χ2v) is 3.65. The van der Waals surface area contributed by atoms with Gasteiger partial charge in [0, 0.05) is 29.5 Å². The number of fused-ring (bicyclic) bond motifs is 1. The predicted molar refractivity (Wildman–Crippen MR) is 65.0 cm³/mol. The lowest BCUT2D eigenvalue weighted by atomic mass is 10.1. The van der Waals surface area contributed by atoms with E-state index >= 15 is 0 Å². The maximum atomic E-state index is 4.34. The zero-order valence-corrected chi connectivity index (χ0v) is 8.67. The van der Waals surface area contributed by atoms with Gasteiger partial charge in [-0.1, -0.05) is 18.2 Å². The van der Waals surface area contributed by atoms with Gasteiger partial charge in [0.2, 0.25) is 0 Å². The third-order valence-corrected chi connectivity index (χ3v) is 2.60. The first-order valence-corrected chi connectivity index (χ1v) is 5.19. The Balaban J connectivity index is 2.19. The van der Waals surface area contributed by atoms with Crippen LogP contribution in [0.2, 0.25) is 0 Å². The van der Waals surface area contributed by atoms with E-state index in [4.69, 9.17) is 0 Å². The quantitative estimate of drug-likeness (QED) is 0.610. The van der Waals surface area contributed by atoms with E-state index < -0.39 is 0 Å². The highest BCUT2D eigenvalue weighted by atomic mass is 14.7. The topological polar surface area (TPSA) is 25.8 Å². The molecule has 0 aliphatic heterocycles. The van der Waals surface area contributed by atoms with Crippen LogP contribution in [0.4, 0.5) is 0 Å². The molecule has 16 heavy (non-hydrogen) atoms. The minimum atomic E-state index is 1.00. The molecule has 0 atom stereocenters. The van der Waals surface area contributed by atoms with E-state index in [1.165, 1.54) is 5.39 Å². The molecule has 0 amide bonds. The maximum absolute atomic E-state index is 4.34. The van der Waals surface area contributed by atoms with Crippen molar-refractivity contribution in [2.24, 2.45) is 0 Å². The molecule has 0 aliphatic rings. The Labute approximate surface area is 93.6 Å². The van der Waals surface area contributed by atoms with Gasteiger partial charge in [0.05, 0.1) is 5.69 Å². The van der Waals surface area contributed by atoms with E-state index in [-0.39, 0.29) is 0 Å². The molecule has 3 aromatic rings. The molecule has 2 heterocycles. The van der Waals surface area contributed by atoms with Gasteiger partial charge >= 0.3 is 0 Å². The summed E-state index contributed by atoms with van der Waals surface area (Å²) in [5.41, 5.74) is 2.14. The fourth-order valence-electron chi connectivity index (χ4n) is 1.78. The van der Waals surface area contributed by atoms with Crippen LogP contribution in [-0.2, 0) is 0 Å². The van der Waals surface area contributed by atoms with Gasteiger partial charge in [-0.2, -0.15) is 0 Å². The van der Waals surface area contributed by atoms with Crippen molar-refractivity contribution in [2.75, 3.05) is 0 Å². The molecule has 0 unspecified atom stereocenters. The van der Waals surface area contributed by atoms with Gasteiger partial charge in [0.1, 0.15) is 0 Å². The summed E-state index contributed by atoms with van der Waals surface area (Å²) in [6, 6.07) is 14.2. The molecule has 1 aromatic carbocycles. The lowest BCUT2D eigenvalue weighted by Crippen LogP contribution is -1.82. The van der Waals surface area contributed by atoms with Crippen LogP contribution in [0, 0.1) is 0 Å². The van der Waals surface area contributed by atoms with Crippen molar-refractivity contribution < 1.29 is 0 Å².